The van der Waals surface area contributed by atoms with E-state index in [4.69, 9.17) is 0 Å². The second kappa shape index (κ2) is 5.03. The molecule has 112 valence electrons. The minimum atomic E-state index is -0.421. The monoisotopic (exact) mass is 293 g/mol. The lowest BCUT2D eigenvalue weighted by atomic mass is 9.68. The maximum atomic E-state index is 12.8. The van der Waals surface area contributed by atoms with E-state index in [0.717, 1.165) is 11.1 Å². The number of nitriles is 1. The van der Waals surface area contributed by atoms with Gasteiger partial charge in [-0.15, -0.1) is 0 Å². The molecule has 0 bridgehead atoms. The Balaban J connectivity index is 2.26. The Kier molecular flexibility index (Phi) is 3.29. The summed E-state index contributed by atoms with van der Waals surface area (Å²) in [5.41, 5.74) is 2.29. The average molecular weight is 293 g/mol. The van der Waals surface area contributed by atoms with Crippen molar-refractivity contribution in [2.75, 3.05) is 7.05 Å². The highest BCUT2D eigenvalue weighted by Crippen LogP contribution is 2.48. The van der Waals surface area contributed by atoms with Crippen LogP contribution in [0.15, 0.2) is 42.6 Å². The molecule has 0 spiro atoms. The molecular weight excluding hydrogens is 274 g/mol. The van der Waals surface area contributed by atoms with E-state index in [1.54, 1.807) is 4.90 Å². The molecule has 0 N–H and O–H groups in total. The van der Waals surface area contributed by atoms with Gasteiger partial charge in [0.2, 0.25) is 0 Å². The molecular formula is C18H19N3O. The SMILES string of the molecule is CN1C(=O)c2c(ccn2C)[C@@](C)(CC#N)[C@H]1c1ccccc1. The van der Waals surface area contributed by atoms with Crippen molar-refractivity contribution in [3.8, 4) is 6.07 Å². The second-order valence-electron chi connectivity index (χ2n) is 6.17. The maximum absolute atomic E-state index is 12.8. The molecule has 0 saturated carbocycles. The number of carbonyl (C=O) groups excluding carboxylic acids is 1. The summed E-state index contributed by atoms with van der Waals surface area (Å²) in [5, 5.41) is 9.37. The van der Waals surface area contributed by atoms with Crippen molar-refractivity contribution in [2.45, 2.75) is 24.8 Å². The van der Waals surface area contributed by atoms with E-state index < -0.39 is 5.41 Å². The zero-order chi connectivity index (χ0) is 15.9. The third kappa shape index (κ3) is 1.86. The van der Waals surface area contributed by atoms with Crippen LogP contribution in [0.3, 0.4) is 0 Å². The third-order valence-electron chi connectivity index (χ3n) is 4.76. The topological polar surface area (TPSA) is 49.0 Å². The lowest BCUT2D eigenvalue weighted by Crippen LogP contribution is -2.49. The van der Waals surface area contributed by atoms with Crippen LogP contribution in [0.2, 0.25) is 0 Å². The first-order valence-corrected chi connectivity index (χ1v) is 7.35. The summed E-state index contributed by atoms with van der Waals surface area (Å²) in [6.45, 7) is 2.08. The minimum Gasteiger partial charge on any atom is -0.346 e. The summed E-state index contributed by atoms with van der Waals surface area (Å²) in [7, 11) is 3.70. The first kappa shape index (κ1) is 14.4. The van der Waals surface area contributed by atoms with Crippen LogP contribution >= 0.6 is 0 Å². The van der Waals surface area contributed by atoms with Gasteiger partial charge in [-0.2, -0.15) is 5.26 Å². The van der Waals surface area contributed by atoms with Crippen LogP contribution in [0.25, 0.3) is 0 Å². The largest absolute Gasteiger partial charge is 0.346 e. The number of amides is 1. The fraction of sp³-hybridized carbons (Fsp3) is 0.333. The van der Waals surface area contributed by atoms with Crippen molar-refractivity contribution in [3.63, 3.8) is 0 Å². The number of nitrogens with zero attached hydrogens (tertiary/aromatic N) is 3. The van der Waals surface area contributed by atoms with Crippen LogP contribution in [0.5, 0.6) is 0 Å². The van der Waals surface area contributed by atoms with Crippen molar-refractivity contribution in [1.82, 2.24) is 9.47 Å². The predicted octanol–water partition coefficient (Wildman–Crippen LogP) is 3.02. The number of carbonyl (C=O) groups is 1. The molecule has 0 radical (unpaired) electrons. The highest BCUT2D eigenvalue weighted by Gasteiger charge is 2.48. The molecule has 3 rings (SSSR count). The van der Waals surface area contributed by atoms with Gasteiger partial charge < -0.3 is 9.47 Å². The molecule has 1 amide bonds. The average Bonchev–Trinajstić information content (AvgIpc) is 2.89. The molecule has 4 heteroatoms. The van der Waals surface area contributed by atoms with Gasteiger partial charge in [0.15, 0.2) is 0 Å². The fourth-order valence-electron chi connectivity index (χ4n) is 3.70. The van der Waals surface area contributed by atoms with Crippen molar-refractivity contribution in [3.05, 3.63) is 59.4 Å². The van der Waals surface area contributed by atoms with Crippen molar-refractivity contribution in [2.24, 2.45) is 7.05 Å². The van der Waals surface area contributed by atoms with E-state index in [-0.39, 0.29) is 11.9 Å². The Hall–Kier alpha value is -2.54. The Morgan fingerprint density at radius 1 is 1.23 bits per heavy atom. The van der Waals surface area contributed by atoms with E-state index in [0.29, 0.717) is 12.1 Å². The molecule has 2 aromatic rings. The highest BCUT2D eigenvalue weighted by molar-refractivity contribution is 5.96. The highest BCUT2D eigenvalue weighted by atomic mass is 16.2. The van der Waals surface area contributed by atoms with Crippen LogP contribution in [0, 0.1) is 11.3 Å². The fourth-order valence-corrected chi connectivity index (χ4v) is 3.70. The Bertz CT molecular complexity index is 756. The zero-order valence-corrected chi connectivity index (χ0v) is 13.1. The number of aryl methyl sites for hydroxylation is 1. The van der Waals surface area contributed by atoms with E-state index >= 15 is 0 Å². The summed E-state index contributed by atoms with van der Waals surface area (Å²) in [6.07, 6.45) is 2.26. The molecule has 1 aliphatic heterocycles. The lowest BCUT2D eigenvalue weighted by Gasteiger charge is -2.46. The van der Waals surface area contributed by atoms with Gasteiger partial charge in [0.05, 0.1) is 12.1 Å². The standard InChI is InChI=1S/C18H19N3O/c1-18(10-11-19)14-9-12-20(2)15(14)17(22)21(3)16(18)13-7-5-4-6-8-13/h4-9,12,16H,10H2,1-3H3/t16-,18-/m1/s1. The molecule has 2 heterocycles. The molecule has 0 aliphatic carbocycles. The molecule has 0 unspecified atom stereocenters. The third-order valence-corrected chi connectivity index (χ3v) is 4.76. The normalized spacial score (nSPS) is 24.0. The lowest BCUT2D eigenvalue weighted by molar-refractivity contribution is 0.0581. The molecule has 2 atom stereocenters. The van der Waals surface area contributed by atoms with Crippen LogP contribution in [0.1, 0.15) is 41.0 Å². The number of hydrogen-bond donors (Lipinski definition) is 0. The van der Waals surface area contributed by atoms with Crippen LogP contribution < -0.4 is 0 Å². The van der Waals surface area contributed by atoms with E-state index in [1.807, 2.05) is 61.3 Å². The maximum Gasteiger partial charge on any atom is 0.271 e. The molecule has 1 aromatic heterocycles. The predicted molar refractivity (Wildman–Crippen MR) is 84.3 cm³/mol. The van der Waals surface area contributed by atoms with Crippen molar-refractivity contribution >= 4 is 5.91 Å². The van der Waals surface area contributed by atoms with Gasteiger partial charge in [-0.1, -0.05) is 37.3 Å². The Morgan fingerprint density at radius 2 is 1.91 bits per heavy atom. The summed E-state index contributed by atoms with van der Waals surface area (Å²) >= 11 is 0. The smallest absolute Gasteiger partial charge is 0.271 e. The van der Waals surface area contributed by atoms with Crippen molar-refractivity contribution < 1.29 is 4.79 Å². The molecule has 0 saturated heterocycles. The van der Waals surface area contributed by atoms with E-state index in [9.17, 15) is 10.1 Å². The van der Waals surface area contributed by atoms with Crippen LogP contribution in [0.4, 0.5) is 0 Å². The van der Waals surface area contributed by atoms with Crippen LogP contribution in [-0.4, -0.2) is 22.4 Å². The molecule has 1 aliphatic rings. The molecule has 4 nitrogen and oxygen atoms in total. The van der Waals surface area contributed by atoms with Gasteiger partial charge >= 0.3 is 0 Å². The number of aromatic nitrogens is 1. The number of benzene rings is 1. The zero-order valence-electron chi connectivity index (χ0n) is 13.1. The first-order chi connectivity index (χ1) is 10.5. The molecule has 22 heavy (non-hydrogen) atoms. The Morgan fingerprint density at radius 3 is 2.55 bits per heavy atom. The van der Waals surface area contributed by atoms with Gasteiger partial charge in [0.1, 0.15) is 5.69 Å². The number of fused-ring (bicyclic) bond motifs is 1. The van der Waals surface area contributed by atoms with Gasteiger partial charge in [0.25, 0.3) is 5.91 Å². The van der Waals surface area contributed by atoms with Gasteiger partial charge in [-0.3, -0.25) is 4.79 Å². The Labute approximate surface area is 130 Å². The van der Waals surface area contributed by atoms with Gasteiger partial charge in [0, 0.05) is 32.1 Å². The summed E-state index contributed by atoms with van der Waals surface area (Å²) in [5.74, 6) is 0.00627. The summed E-state index contributed by atoms with van der Waals surface area (Å²) in [6, 6.07) is 14.1. The number of likely N-dealkylation sites (N-methyl/N-ethyl adjacent to an activating group) is 1. The van der Waals surface area contributed by atoms with Gasteiger partial charge in [-0.05, 0) is 17.2 Å². The quantitative estimate of drug-likeness (QED) is 0.854. The second-order valence-corrected chi connectivity index (χ2v) is 6.17. The summed E-state index contributed by atoms with van der Waals surface area (Å²) in [4.78, 5) is 14.6. The summed E-state index contributed by atoms with van der Waals surface area (Å²) < 4.78 is 1.85. The first-order valence-electron chi connectivity index (χ1n) is 7.35. The molecule has 1 aromatic carbocycles. The van der Waals surface area contributed by atoms with Crippen LogP contribution in [-0.2, 0) is 12.5 Å². The van der Waals surface area contributed by atoms with E-state index in [1.165, 1.54) is 0 Å². The van der Waals surface area contributed by atoms with Gasteiger partial charge in [-0.25, -0.2) is 0 Å². The molecule has 0 fully saturated rings. The number of hydrogen-bond acceptors (Lipinski definition) is 2. The number of rotatable bonds is 2. The minimum absolute atomic E-state index is 0.00627. The van der Waals surface area contributed by atoms with E-state index in [2.05, 4.69) is 13.0 Å². The van der Waals surface area contributed by atoms with Crippen molar-refractivity contribution in [1.29, 1.82) is 5.26 Å².